The summed E-state index contributed by atoms with van der Waals surface area (Å²) in [4.78, 5) is 14.1. The largest absolute Gasteiger partial charge is 0.507 e. The van der Waals surface area contributed by atoms with Gasteiger partial charge in [0.15, 0.2) is 0 Å². The maximum absolute atomic E-state index is 11.9. The molecule has 2 aromatic rings. The van der Waals surface area contributed by atoms with Gasteiger partial charge in [-0.1, -0.05) is 24.3 Å². The topological polar surface area (TPSA) is 59.0 Å². The van der Waals surface area contributed by atoms with Crippen LogP contribution in [0.15, 0.2) is 30.3 Å². The standard InChI is InChI=1S/C17H19NO4/c1-21-17(20)14-10-12-4-2-3-5-13(12)15(16(14)19)11-18-6-8-22-9-7-18/h2-5,10,19H,6-9,11H2,1H3. The first-order valence-corrected chi connectivity index (χ1v) is 7.32. The number of hydrogen-bond acceptors (Lipinski definition) is 5. The lowest BCUT2D eigenvalue weighted by Crippen LogP contribution is -2.35. The van der Waals surface area contributed by atoms with Gasteiger partial charge < -0.3 is 14.6 Å². The summed E-state index contributed by atoms with van der Waals surface area (Å²) in [6.07, 6.45) is 0. The van der Waals surface area contributed by atoms with Crippen molar-refractivity contribution in [1.29, 1.82) is 0 Å². The molecule has 0 aromatic heterocycles. The second kappa shape index (κ2) is 6.34. The molecule has 1 aliphatic heterocycles. The molecule has 0 saturated carbocycles. The van der Waals surface area contributed by atoms with E-state index >= 15 is 0 Å². The van der Waals surface area contributed by atoms with Crippen molar-refractivity contribution in [2.24, 2.45) is 0 Å². The normalized spacial score (nSPS) is 15.9. The number of ether oxygens (including phenoxy) is 2. The first kappa shape index (κ1) is 14.8. The highest BCUT2D eigenvalue weighted by Gasteiger charge is 2.21. The summed E-state index contributed by atoms with van der Waals surface area (Å²) in [5, 5.41) is 12.4. The molecular weight excluding hydrogens is 282 g/mol. The molecule has 0 radical (unpaired) electrons. The van der Waals surface area contributed by atoms with E-state index in [9.17, 15) is 9.90 Å². The molecule has 0 atom stereocenters. The molecule has 5 heteroatoms. The molecule has 1 aliphatic rings. The van der Waals surface area contributed by atoms with Gasteiger partial charge in [-0.3, -0.25) is 4.90 Å². The van der Waals surface area contributed by atoms with Crippen molar-refractivity contribution in [3.8, 4) is 5.75 Å². The fourth-order valence-electron chi connectivity index (χ4n) is 2.82. The summed E-state index contributed by atoms with van der Waals surface area (Å²) < 4.78 is 10.1. The van der Waals surface area contributed by atoms with Gasteiger partial charge in [0.25, 0.3) is 0 Å². The van der Waals surface area contributed by atoms with E-state index < -0.39 is 5.97 Å². The zero-order valence-corrected chi connectivity index (χ0v) is 12.5. The first-order chi connectivity index (χ1) is 10.7. The van der Waals surface area contributed by atoms with E-state index in [0.29, 0.717) is 19.8 Å². The number of hydrogen-bond donors (Lipinski definition) is 1. The summed E-state index contributed by atoms with van der Waals surface area (Å²) in [6.45, 7) is 3.59. The first-order valence-electron chi connectivity index (χ1n) is 7.32. The second-order valence-corrected chi connectivity index (χ2v) is 5.35. The van der Waals surface area contributed by atoms with Crippen LogP contribution in [-0.4, -0.2) is 49.4 Å². The molecule has 5 nitrogen and oxygen atoms in total. The Morgan fingerprint density at radius 1 is 1.32 bits per heavy atom. The van der Waals surface area contributed by atoms with Gasteiger partial charge in [-0.15, -0.1) is 0 Å². The lowest BCUT2D eigenvalue weighted by molar-refractivity contribution is 0.0340. The van der Waals surface area contributed by atoms with Gasteiger partial charge in [-0.2, -0.15) is 0 Å². The summed E-state index contributed by atoms with van der Waals surface area (Å²) in [7, 11) is 1.32. The van der Waals surface area contributed by atoms with Crippen molar-refractivity contribution < 1.29 is 19.4 Å². The highest BCUT2D eigenvalue weighted by Crippen LogP contribution is 2.33. The van der Waals surface area contributed by atoms with Crippen LogP contribution >= 0.6 is 0 Å². The molecule has 0 unspecified atom stereocenters. The Hall–Kier alpha value is -2.11. The quantitative estimate of drug-likeness (QED) is 0.880. The van der Waals surface area contributed by atoms with Crippen LogP contribution in [0.3, 0.4) is 0 Å². The molecule has 3 rings (SSSR count). The Morgan fingerprint density at radius 3 is 2.77 bits per heavy atom. The minimum atomic E-state index is -0.522. The molecule has 0 bridgehead atoms. The molecule has 2 aromatic carbocycles. The Balaban J connectivity index is 2.08. The van der Waals surface area contributed by atoms with Gasteiger partial charge in [-0.05, 0) is 16.8 Å². The van der Waals surface area contributed by atoms with Crippen molar-refractivity contribution in [2.45, 2.75) is 6.54 Å². The van der Waals surface area contributed by atoms with E-state index in [1.54, 1.807) is 6.07 Å². The van der Waals surface area contributed by atoms with Crippen LogP contribution in [0.1, 0.15) is 15.9 Å². The molecule has 0 aliphatic carbocycles. The molecule has 1 saturated heterocycles. The van der Waals surface area contributed by atoms with E-state index in [0.717, 1.165) is 29.4 Å². The van der Waals surface area contributed by atoms with Gasteiger partial charge in [0.05, 0.1) is 20.3 Å². The number of rotatable bonds is 3. The third-order valence-electron chi connectivity index (χ3n) is 4.02. The van der Waals surface area contributed by atoms with Crippen molar-refractivity contribution in [3.63, 3.8) is 0 Å². The highest BCUT2D eigenvalue weighted by atomic mass is 16.5. The predicted molar refractivity (Wildman–Crippen MR) is 83.0 cm³/mol. The van der Waals surface area contributed by atoms with Gasteiger partial charge in [0.2, 0.25) is 0 Å². The van der Waals surface area contributed by atoms with Gasteiger partial charge in [-0.25, -0.2) is 4.79 Å². The van der Waals surface area contributed by atoms with Gasteiger partial charge in [0.1, 0.15) is 11.3 Å². The number of fused-ring (bicyclic) bond motifs is 1. The third kappa shape index (κ3) is 2.77. The lowest BCUT2D eigenvalue weighted by Gasteiger charge is -2.27. The van der Waals surface area contributed by atoms with Crippen LogP contribution in [-0.2, 0) is 16.0 Å². The number of carbonyl (C=O) groups excluding carboxylic acids is 1. The zero-order chi connectivity index (χ0) is 15.5. The van der Waals surface area contributed by atoms with E-state index in [-0.39, 0.29) is 11.3 Å². The summed E-state index contributed by atoms with van der Waals surface area (Å²) in [6, 6.07) is 9.43. The number of phenols is 1. The highest BCUT2D eigenvalue weighted by molar-refractivity contribution is 6.00. The average Bonchev–Trinajstić information content (AvgIpc) is 2.57. The van der Waals surface area contributed by atoms with Crippen LogP contribution < -0.4 is 0 Å². The smallest absolute Gasteiger partial charge is 0.341 e. The van der Waals surface area contributed by atoms with Crippen molar-refractivity contribution in [3.05, 3.63) is 41.5 Å². The average molecular weight is 301 g/mol. The van der Waals surface area contributed by atoms with Crippen LogP contribution in [0.25, 0.3) is 10.8 Å². The summed E-state index contributed by atoms with van der Waals surface area (Å²) in [5.41, 5.74) is 0.977. The molecule has 116 valence electrons. The number of phenolic OH excluding ortho intramolecular Hbond substituents is 1. The second-order valence-electron chi connectivity index (χ2n) is 5.35. The number of benzene rings is 2. The van der Waals surface area contributed by atoms with Crippen molar-refractivity contribution in [1.82, 2.24) is 4.90 Å². The van der Waals surface area contributed by atoms with E-state index in [1.165, 1.54) is 7.11 Å². The fourth-order valence-corrected chi connectivity index (χ4v) is 2.82. The molecule has 0 amide bonds. The zero-order valence-electron chi connectivity index (χ0n) is 12.5. The Labute approximate surface area is 129 Å². The van der Waals surface area contributed by atoms with Gasteiger partial charge >= 0.3 is 5.97 Å². The maximum atomic E-state index is 11.9. The summed E-state index contributed by atoms with van der Waals surface area (Å²) >= 11 is 0. The van der Waals surface area contributed by atoms with Crippen molar-refractivity contribution in [2.75, 3.05) is 33.4 Å². The minimum absolute atomic E-state index is 0.0111. The molecule has 1 fully saturated rings. The molecular formula is C17H19NO4. The molecule has 1 heterocycles. The Morgan fingerprint density at radius 2 is 2.05 bits per heavy atom. The molecule has 22 heavy (non-hydrogen) atoms. The predicted octanol–water partition coefficient (Wildman–Crippen LogP) is 2.16. The monoisotopic (exact) mass is 301 g/mol. The molecule has 1 N–H and O–H groups in total. The van der Waals surface area contributed by atoms with Crippen LogP contribution in [0.5, 0.6) is 5.75 Å². The minimum Gasteiger partial charge on any atom is -0.507 e. The Bertz CT molecular complexity index is 692. The number of aromatic hydroxyl groups is 1. The molecule has 0 spiro atoms. The van der Waals surface area contributed by atoms with E-state index in [1.807, 2.05) is 24.3 Å². The van der Waals surface area contributed by atoms with Crippen LogP contribution in [0.4, 0.5) is 0 Å². The number of carbonyl (C=O) groups is 1. The van der Waals surface area contributed by atoms with Crippen LogP contribution in [0.2, 0.25) is 0 Å². The Kier molecular flexibility index (Phi) is 4.27. The summed E-state index contributed by atoms with van der Waals surface area (Å²) in [5.74, 6) is -0.511. The maximum Gasteiger partial charge on any atom is 0.341 e. The van der Waals surface area contributed by atoms with E-state index in [2.05, 4.69) is 4.90 Å². The van der Waals surface area contributed by atoms with Gasteiger partial charge in [0, 0.05) is 25.2 Å². The number of methoxy groups -OCH3 is 1. The number of nitrogens with zero attached hydrogens (tertiary/aromatic N) is 1. The van der Waals surface area contributed by atoms with E-state index in [4.69, 9.17) is 9.47 Å². The lowest BCUT2D eigenvalue weighted by atomic mass is 9.98. The van der Waals surface area contributed by atoms with Crippen LogP contribution in [0, 0.1) is 0 Å². The third-order valence-corrected chi connectivity index (χ3v) is 4.02. The van der Waals surface area contributed by atoms with Crippen molar-refractivity contribution >= 4 is 16.7 Å². The number of esters is 1. The SMILES string of the molecule is COC(=O)c1cc2ccccc2c(CN2CCOCC2)c1O. The fraction of sp³-hybridized carbons (Fsp3) is 0.353. The number of morpholine rings is 1.